The Morgan fingerprint density at radius 3 is 2.14 bits per heavy atom. The van der Waals surface area contributed by atoms with Crippen LogP contribution in [0.4, 0.5) is 13.2 Å². The summed E-state index contributed by atoms with van der Waals surface area (Å²) in [4.78, 5) is 3.00. The minimum Gasteiger partial charge on any atom is -0.314 e. The number of hydrogen-bond donors (Lipinski definition) is 1. The summed E-state index contributed by atoms with van der Waals surface area (Å²) in [5.74, 6) is 0. The van der Waals surface area contributed by atoms with Gasteiger partial charge in [0.2, 0.25) is 0 Å². The van der Waals surface area contributed by atoms with Crippen molar-refractivity contribution in [2.45, 2.75) is 23.5 Å². The molecule has 0 saturated carbocycles. The van der Waals surface area contributed by atoms with Crippen molar-refractivity contribution in [1.29, 1.82) is 0 Å². The lowest BCUT2D eigenvalue weighted by molar-refractivity contribution is -0.148. The van der Waals surface area contributed by atoms with Crippen LogP contribution < -0.4 is 5.32 Å². The average Bonchev–Trinajstić information content (AvgIpc) is 2.45. The van der Waals surface area contributed by atoms with Crippen molar-refractivity contribution in [1.82, 2.24) is 10.2 Å². The van der Waals surface area contributed by atoms with Crippen LogP contribution in [0.25, 0.3) is 0 Å². The van der Waals surface area contributed by atoms with Crippen LogP contribution in [0, 0.1) is 0 Å². The first-order valence-corrected chi connectivity index (χ1v) is 7.87. The first-order chi connectivity index (χ1) is 9.49. The van der Waals surface area contributed by atoms with Crippen LogP contribution in [0.15, 0.2) is 29.2 Å². The Bertz CT molecular complexity index is 423. The third-order valence-electron chi connectivity index (χ3n) is 3.52. The second kappa shape index (κ2) is 9.88. The molecule has 2 nitrogen and oxygen atoms in total. The maximum absolute atomic E-state index is 12.8. The van der Waals surface area contributed by atoms with E-state index in [0.29, 0.717) is 13.1 Å². The summed E-state index contributed by atoms with van der Waals surface area (Å²) in [5, 5.41) is 3.18. The van der Waals surface area contributed by atoms with E-state index >= 15 is 0 Å². The summed E-state index contributed by atoms with van der Waals surface area (Å²) in [6.07, 6.45) is -2.97. The Morgan fingerprint density at radius 1 is 1.14 bits per heavy atom. The molecule has 1 saturated heterocycles. The average molecular weight is 377 g/mol. The standard InChI is InChI=1S/C14H19F3N2S.2ClH/c1-20-12-4-2-11(3-5-12)13(10-14(15,16)17)19-8-6-18-7-9-19;;/h2-5,13,18H,6-10H2,1H3;2*1H/t13-;;/m1../s1. The number of nitrogens with one attached hydrogen (secondary N) is 1. The van der Waals surface area contributed by atoms with E-state index in [1.54, 1.807) is 11.8 Å². The summed E-state index contributed by atoms with van der Waals surface area (Å²) < 4.78 is 38.5. The van der Waals surface area contributed by atoms with E-state index in [1.807, 2.05) is 35.4 Å². The van der Waals surface area contributed by atoms with Gasteiger partial charge >= 0.3 is 6.18 Å². The van der Waals surface area contributed by atoms with Crippen molar-refractivity contribution in [2.75, 3.05) is 32.4 Å². The molecule has 8 heteroatoms. The molecule has 0 bridgehead atoms. The van der Waals surface area contributed by atoms with Gasteiger partial charge in [-0.05, 0) is 24.0 Å². The van der Waals surface area contributed by atoms with Crippen LogP contribution in [0.1, 0.15) is 18.0 Å². The highest BCUT2D eigenvalue weighted by Crippen LogP contribution is 2.34. The molecule has 0 spiro atoms. The van der Waals surface area contributed by atoms with E-state index in [4.69, 9.17) is 0 Å². The van der Waals surface area contributed by atoms with Crippen LogP contribution in [-0.2, 0) is 0 Å². The predicted molar refractivity (Wildman–Crippen MR) is 90.6 cm³/mol. The molecular weight excluding hydrogens is 356 g/mol. The van der Waals surface area contributed by atoms with Gasteiger partial charge in [0.25, 0.3) is 0 Å². The summed E-state index contributed by atoms with van der Waals surface area (Å²) in [6.45, 7) is 2.81. The van der Waals surface area contributed by atoms with Crippen LogP contribution in [0.2, 0.25) is 0 Å². The predicted octanol–water partition coefficient (Wildman–Crippen LogP) is 4.15. The molecule has 2 rings (SSSR count). The number of benzene rings is 1. The molecule has 1 aliphatic rings. The third-order valence-corrected chi connectivity index (χ3v) is 4.26. The second-order valence-corrected chi connectivity index (χ2v) is 5.77. The molecule has 0 aromatic heterocycles. The van der Waals surface area contributed by atoms with Crippen molar-refractivity contribution in [3.8, 4) is 0 Å². The van der Waals surface area contributed by atoms with E-state index in [1.165, 1.54) is 0 Å². The molecule has 0 radical (unpaired) electrons. The lowest BCUT2D eigenvalue weighted by Gasteiger charge is -2.35. The van der Waals surface area contributed by atoms with Crippen LogP contribution >= 0.6 is 36.6 Å². The molecule has 128 valence electrons. The summed E-state index contributed by atoms with van der Waals surface area (Å²) in [5.41, 5.74) is 0.752. The van der Waals surface area contributed by atoms with Gasteiger partial charge in [0.05, 0.1) is 6.42 Å². The molecule has 1 fully saturated rings. The largest absolute Gasteiger partial charge is 0.390 e. The molecule has 1 aliphatic heterocycles. The normalized spacial score (nSPS) is 17.3. The van der Waals surface area contributed by atoms with Crippen molar-refractivity contribution in [3.05, 3.63) is 29.8 Å². The zero-order valence-electron chi connectivity index (χ0n) is 12.2. The van der Waals surface area contributed by atoms with Crippen LogP contribution in [0.3, 0.4) is 0 Å². The van der Waals surface area contributed by atoms with Gasteiger partial charge in [-0.2, -0.15) is 13.2 Å². The molecule has 0 aliphatic carbocycles. The van der Waals surface area contributed by atoms with Gasteiger partial charge < -0.3 is 5.32 Å². The van der Waals surface area contributed by atoms with Crippen LogP contribution in [-0.4, -0.2) is 43.5 Å². The SMILES string of the molecule is CSc1ccc([C@@H](CC(F)(F)F)N2CCNCC2)cc1.Cl.Cl. The molecule has 1 aromatic carbocycles. The lowest BCUT2D eigenvalue weighted by atomic mass is 10.0. The highest BCUT2D eigenvalue weighted by Gasteiger charge is 2.35. The first kappa shape index (κ1) is 21.9. The number of rotatable bonds is 4. The quantitative estimate of drug-likeness (QED) is 0.794. The monoisotopic (exact) mass is 376 g/mol. The van der Waals surface area contributed by atoms with Gasteiger partial charge in [0.15, 0.2) is 0 Å². The summed E-state index contributed by atoms with van der Waals surface area (Å²) in [7, 11) is 0. The topological polar surface area (TPSA) is 15.3 Å². The Balaban J connectivity index is 0.00000220. The van der Waals surface area contributed by atoms with Crippen molar-refractivity contribution >= 4 is 36.6 Å². The molecule has 0 unspecified atom stereocenters. The molecule has 0 amide bonds. The van der Waals surface area contributed by atoms with Crippen molar-refractivity contribution < 1.29 is 13.2 Å². The van der Waals surface area contributed by atoms with Gasteiger partial charge in [0, 0.05) is 37.1 Å². The van der Waals surface area contributed by atoms with E-state index in [-0.39, 0.29) is 24.8 Å². The fourth-order valence-corrected chi connectivity index (χ4v) is 2.91. The maximum Gasteiger partial charge on any atom is 0.390 e. The van der Waals surface area contributed by atoms with Gasteiger partial charge in [-0.3, -0.25) is 4.90 Å². The first-order valence-electron chi connectivity index (χ1n) is 6.65. The molecule has 1 atom stereocenters. The van der Waals surface area contributed by atoms with E-state index in [2.05, 4.69) is 5.32 Å². The number of nitrogens with zero attached hydrogens (tertiary/aromatic N) is 1. The molecular formula is C14H21Cl2F3N2S. The van der Waals surface area contributed by atoms with Crippen molar-refractivity contribution in [2.24, 2.45) is 0 Å². The Kier molecular flexibility index (Phi) is 9.82. The molecule has 1 aromatic rings. The Hall–Kier alpha value is -0.140. The maximum atomic E-state index is 12.8. The third kappa shape index (κ3) is 6.54. The minimum absolute atomic E-state index is 0. The number of halogens is 5. The summed E-state index contributed by atoms with van der Waals surface area (Å²) >= 11 is 1.59. The molecule has 1 N–H and O–H groups in total. The zero-order valence-corrected chi connectivity index (χ0v) is 14.7. The van der Waals surface area contributed by atoms with Gasteiger partial charge in [0.1, 0.15) is 0 Å². The number of thioether (sulfide) groups is 1. The summed E-state index contributed by atoms with van der Waals surface area (Å²) in [6, 6.07) is 6.86. The van der Waals surface area contributed by atoms with Gasteiger partial charge in [-0.15, -0.1) is 36.6 Å². The highest BCUT2D eigenvalue weighted by atomic mass is 35.5. The smallest absolute Gasteiger partial charge is 0.314 e. The van der Waals surface area contributed by atoms with E-state index < -0.39 is 18.6 Å². The van der Waals surface area contributed by atoms with E-state index in [0.717, 1.165) is 23.5 Å². The Morgan fingerprint density at radius 2 is 1.68 bits per heavy atom. The second-order valence-electron chi connectivity index (χ2n) is 4.89. The molecule has 1 heterocycles. The van der Waals surface area contributed by atoms with Gasteiger partial charge in [-0.1, -0.05) is 12.1 Å². The Labute approximate surface area is 146 Å². The van der Waals surface area contributed by atoms with Gasteiger partial charge in [-0.25, -0.2) is 0 Å². The number of hydrogen-bond acceptors (Lipinski definition) is 3. The van der Waals surface area contributed by atoms with Crippen LogP contribution in [0.5, 0.6) is 0 Å². The molecule has 22 heavy (non-hydrogen) atoms. The lowest BCUT2D eigenvalue weighted by Crippen LogP contribution is -2.46. The number of alkyl halides is 3. The van der Waals surface area contributed by atoms with E-state index in [9.17, 15) is 13.2 Å². The highest BCUT2D eigenvalue weighted by molar-refractivity contribution is 7.98. The number of piperazine rings is 1. The fraction of sp³-hybridized carbons (Fsp3) is 0.571. The van der Waals surface area contributed by atoms with Crippen molar-refractivity contribution in [3.63, 3.8) is 0 Å². The zero-order chi connectivity index (χ0) is 14.6. The minimum atomic E-state index is -4.15. The fourth-order valence-electron chi connectivity index (χ4n) is 2.50.